The summed E-state index contributed by atoms with van der Waals surface area (Å²) in [5.41, 5.74) is 2.23. The molecular weight excluding hydrogens is 556 g/mol. The van der Waals surface area contributed by atoms with Crippen LogP contribution in [0.1, 0.15) is 22.8 Å². The Balaban J connectivity index is 1.52. The van der Waals surface area contributed by atoms with Crippen LogP contribution in [0.2, 0.25) is 10.0 Å². The number of aliphatic imine (C=N–C) groups is 1. The fourth-order valence-electron chi connectivity index (χ4n) is 3.10. The van der Waals surface area contributed by atoms with E-state index in [1.807, 2.05) is 24.3 Å². The van der Waals surface area contributed by atoms with Gasteiger partial charge in [-0.15, -0.1) is 0 Å². The van der Waals surface area contributed by atoms with Crippen molar-refractivity contribution in [1.29, 1.82) is 0 Å². The molecule has 0 atom stereocenters. The topological polar surface area (TPSA) is 57.1 Å². The number of fused-ring (bicyclic) bond motifs is 1. The monoisotopic (exact) mass is 575 g/mol. The first-order chi connectivity index (χ1) is 15.5. The maximum absolute atomic E-state index is 12.2. The van der Waals surface area contributed by atoms with Crippen LogP contribution in [0.25, 0.3) is 0 Å². The van der Waals surface area contributed by atoms with Gasteiger partial charge in [0.1, 0.15) is 0 Å². The second-order valence-corrected chi connectivity index (χ2v) is 11.6. The molecule has 1 aliphatic rings. The van der Waals surface area contributed by atoms with Crippen molar-refractivity contribution in [2.24, 2.45) is 4.99 Å². The van der Waals surface area contributed by atoms with E-state index in [0.29, 0.717) is 40.3 Å². The number of halogens is 2. The quantitative estimate of drug-likeness (QED) is 0.274. The summed E-state index contributed by atoms with van der Waals surface area (Å²) in [7, 11) is 0. The van der Waals surface area contributed by atoms with Gasteiger partial charge in [0.25, 0.3) is 0 Å². The maximum atomic E-state index is 12.2. The summed E-state index contributed by atoms with van der Waals surface area (Å²) in [5.74, 6) is 0.552. The number of hydrogen-bond donors (Lipinski definition) is 0. The molecule has 2 radical (unpaired) electrons. The normalized spacial score (nSPS) is 12.2. The Kier molecular flexibility index (Phi) is 7.60. The minimum absolute atomic E-state index is 0.230. The molecule has 0 saturated heterocycles. The first kappa shape index (κ1) is 23.0. The number of rotatable bonds is 8. The van der Waals surface area contributed by atoms with Crippen LogP contribution in [0, 0.1) is 0 Å². The van der Waals surface area contributed by atoms with Crippen LogP contribution < -0.4 is 13.1 Å². The van der Waals surface area contributed by atoms with Crippen molar-refractivity contribution >= 4 is 63.3 Å². The van der Waals surface area contributed by atoms with Gasteiger partial charge in [0.15, 0.2) is 0 Å². The molecule has 0 spiro atoms. The Morgan fingerprint density at radius 1 is 0.969 bits per heavy atom. The fourth-order valence-corrected chi connectivity index (χ4v) is 6.64. The van der Waals surface area contributed by atoms with E-state index in [1.54, 1.807) is 37.3 Å². The molecule has 0 unspecified atom stereocenters. The minimum atomic E-state index is -0.966. The van der Waals surface area contributed by atoms with Crippen LogP contribution in [-0.4, -0.2) is 44.1 Å². The zero-order valence-electron chi connectivity index (χ0n) is 17.2. The average molecular weight is 575 g/mol. The molecule has 0 N–H and O–H groups in total. The third kappa shape index (κ3) is 5.57. The first-order valence-corrected chi connectivity index (χ1v) is 13.6. The molecule has 162 valence electrons. The van der Waals surface area contributed by atoms with Crippen molar-refractivity contribution in [2.45, 2.75) is 13.5 Å². The summed E-state index contributed by atoms with van der Waals surface area (Å²) < 4.78 is 19.6. The van der Waals surface area contributed by atoms with Crippen molar-refractivity contribution in [3.63, 3.8) is 0 Å². The standard InChI is InChI=1S/C24H19Cl2NO4.Sn/c1-2-29-24(28)17-9-11-22(31-16-18-8-10-19(25)15-21(18)26)23(14-17)30-13-12-27-20-6-4-3-5-7-20;/h3-6,8-11,14-15H,2,13,16H2,1H3;. The number of para-hydroxylation sites is 1. The van der Waals surface area contributed by atoms with E-state index in [0.717, 1.165) is 15.0 Å². The molecule has 0 bridgehead atoms. The molecule has 5 nitrogen and oxygen atoms in total. The van der Waals surface area contributed by atoms with E-state index < -0.39 is 27.1 Å². The summed E-state index contributed by atoms with van der Waals surface area (Å²) in [6.45, 7) is 2.65. The molecule has 32 heavy (non-hydrogen) atoms. The van der Waals surface area contributed by atoms with E-state index in [4.69, 9.17) is 42.4 Å². The van der Waals surface area contributed by atoms with Crippen molar-refractivity contribution in [3.05, 3.63) is 81.8 Å². The zero-order chi connectivity index (χ0) is 22.5. The second-order valence-electron chi connectivity index (χ2n) is 6.90. The van der Waals surface area contributed by atoms with Gasteiger partial charge in [-0.25, -0.2) is 0 Å². The Morgan fingerprint density at radius 2 is 1.78 bits per heavy atom. The fraction of sp³-hybridized carbons (Fsp3) is 0.167. The predicted octanol–water partition coefficient (Wildman–Crippen LogP) is 5.20. The Morgan fingerprint density at radius 3 is 2.56 bits per heavy atom. The van der Waals surface area contributed by atoms with Gasteiger partial charge in [-0.05, 0) is 0 Å². The third-order valence-electron chi connectivity index (χ3n) is 4.66. The van der Waals surface area contributed by atoms with Crippen LogP contribution in [-0.2, 0) is 11.3 Å². The summed E-state index contributed by atoms with van der Waals surface area (Å²) in [5, 5.41) is 1.08. The van der Waals surface area contributed by atoms with Crippen molar-refractivity contribution in [2.75, 3.05) is 13.2 Å². The van der Waals surface area contributed by atoms with E-state index in [1.165, 1.54) is 3.58 Å². The molecule has 1 aliphatic heterocycles. The SMILES string of the molecule is CCOC(=O)c1ccc(OCc2ccc(Cl)cc2Cl)c(OC[C]2=Nc3cccc[c]3[Sn]2)c1. The summed E-state index contributed by atoms with van der Waals surface area (Å²) >= 11 is 11.3. The van der Waals surface area contributed by atoms with E-state index in [2.05, 4.69) is 6.07 Å². The molecule has 0 fully saturated rings. The molecule has 3 aromatic rings. The predicted molar refractivity (Wildman–Crippen MR) is 128 cm³/mol. The summed E-state index contributed by atoms with van der Waals surface area (Å²) in [4.78, 5) is 16.9. The van der Waals surface area contributed by atoms with E-state index >= 15 is 0 Å². The third-order valence-corrected chi connectivity index (χ3v) is 8.77. The van der Waals surface area contributed by atoms with Gasteiger partial charge in [0.05, 0.1) is 0 Å². The molecule has 0 amide bonds. The van der Waals surface area contributed by atoms with Crippen molar-refractivity contribution in [1.82, 2.24) is 0 Å². The zero-order valence-corrected chi connectivity index (χ0v) is 21.6. The number of carbonyl (C=O) groups is 1. The van der Waals surface area contributed by atoms with Gasteiger partial charge in [-0.3, -0.25) is 0 Å². The molecule has 4 rings (SSSR count). The molecule has 3 aromatic carbocycles. The summed E-state index contributed by atoms with van der Waals surface area (Å²) in [6.07, 6.45) is 0. The van der Waals surface area contributed by atoms with Gasteiger partial charge in [0.2, 0.25) is 0 Å². The van der Waals surface area contributed by atoms with Crippen LogP contribution in [0.3, 0.4) is 0 Å². The number of carbonyl (C=O) groups excluding carboxylic acids is 1. The molecule has 8 heteroatoms. The van der Waals surface area contributed by atoms with Crippen molar-refractivity contribution in [3.8, 4) is 11.5 Å². The molecule has 0 aliphatic carbocycles. The number of benzene rings is 3. The number of hydrogen-bond acceptors (Lipinski definition) is 5. The molecule has 0 aromatic heterocycles. The summed E-state index contributed by atoms with van der Waals surface area (Å²) in [6, 6.07) is 18.4. The second kappa shape index (κ2) is 10.6. The Hall–Kier alpha value is -2.22. The number of ether oxygens (including phenoxy) is 3. The van der Waals surface area contributed by atoms with Gasteiger partial charge >= 0.3 is 207 Å². The van der Waals surface area contributed by atoms with Gasteiger partial charge in [-0.1, -0.05) is 0 Å². The molecule has 1 heterocycles. The number of nitrogens with zero attached hydrogens (tertiary/aromatic N) is 1. The van der Waals surface area contributed by atoms with Crippen LogP contribution >= 0.6 is 23.2 Å². The Bertz CT molecular complexity index is 1180. The molecular formula is C24H19Cl2NO4Sn. The average Bonchev–Trinajstić information content (AvgIpc) is 3.20. The Labute approximate surface area is 206 Å². The van der Waals surface area contributed by atoms with Crippen LogP contribution in [0.4, 0.5) is 5.69 Å². The van der Waals surface area contributed by atoms with Gasteiger partial charge in [0, 0.05) is 0 Å². The van der Waals surface area contributed by atoms with E-state index in [9.17, 15) is 4.79 Å². The van der Waals surface area contributed by atoms with E-state index in [-0.39, 0.29) is 6.61 Å². The van der Waals surface area contributed by atoms with Gasteiger partial charge in [-0.2, -0.15) is 0 Å². The van der Waals surface area contributed by atoms with Crippen molar-refractivity contribution < 1.29 is 19.0 Å². The first-order valence-electron chi connectivity index (χ1n) is 9.98. The molecule has 0 saturated carbocycles. The van der Waals surface area contributed by atoms with Crippen LogP contribution in [0.15, 0.2) is 65.7 Å². The number of esters is 1. The van der Waals surface area contributed by atoms with Gasteiger partial charge < -0.3 is 0 Å². The van der Waals surface area contributed by atoms with Crippen LogP contribution in [0.5, 0.6) is 11.5 Å².